The molecule has 6 heteroatoms. The number of hydrogen-bond donors (Lipinski definition) is 3. The van der Waals surface area contributed by atoms with E-state index in [0.29, 0.717) is 23.8 Å². The first-order valence-corrected chi connectivity index (χ1v) is 6.75. The number of benzene rings is 1. The molecule has 112 valence electrons. The van der Waals surface area contributed by atoms with Gasteiger partial charge >= 0.3 is 0 Å². The minimum Gasteiger partial charge on any atom is -0.512 e. The van der Waals surface area contributed by atoms with Crippen molar-refractivity contribution in [3.63, 3.8) is 0 Å². The molecule has 0 aromatic heterocycles. The lowest BCUT2D eigenvalue weighted by molar-refractivity contribution is -0.112. The Kier molecular flexibility index (Phi) is 4.81. The number of methoxy groups -OCH3 is 1. The van der Waals surface area contributed by atoms with Crippen LogP contribution in [0.25, 0.3) is 0 Å². The van der Waals surface area contributed by atoms with Crippen LogP contribution < -0.4 is 15.4 Å². The van der Waals surface area contributed by atoms with E-state index in [1.54, 1.807) is 31.4 Å². The summed E-state index contributed by atoms with van der Waals surface area (Å²) in [5, 5.41) is 15.5. The smallest absolute Gasteiger partial charge is 0.262 e. The van der Waals surface area contributed by atoms with Gasteiger partial charge in [-0.2, -0.15) is 0 Å². The van der Waals surface area contributed by atoms with Crippen molar-refractivity contribution in [3.05, 3.63) is 35.6 Å². The zero-order chi connectivity index (χ0) is 15.2. The zero-order valence-corrected chi connectivity index (χ0v) is 12.1. The summed E-state index contributed by atoms with van der Waals surface area (Å²) in [6.45, 7) is 2.86. The molecule has 0 saturated heterocycles. The monoisotopic (exact) mass is 289 g/mol. The van der Waals surface area contributed by atoms with E-state index in [2.05, 4.69) is 15.6 Å². The highest BCUT2D eigenvalue weighted by Gasteiger charge is 2.21. The van der Waals surface area contributed by atoms with Gasteiger partial charge in [0.05, 0.1) is 7.11 Å². The first-order valence-electron chi connectivity index (χ1n) is 6.75. The molecule has 21 heavy (non-hydrogen) atoms. The van der Waals surface area contributed by atoms with Crippen LogP contribution in [0.2, 0.25) is 0 Å². The van der Waals surface area contributed by atoms with Crippen LogP contribution in [0.5, 0.6) is 5.75 Å². The van der Waals surface area contributed by atoms with E-state index in [4.69, 9.17) is 4.74 Å². The second-order valence-electron chi connectivity index (χ2n) is 4.65. The van der Waals surface area contributed by atoms with Crippen molar-refractivity contribution in [2.24, 2.45) is 4.99 Å². The third kappa shape index (κ3) is 3.75. The molecule has 1 aromatic rings. The molecule has 3 N–H and O–H groups in total. The van der Waals surface area contributed by atoms with E-state index >= 15 is 0 Å². The molecular weight excluding hydrogens is 270 g/mol. The lowest BCUT2D eigenvalue weighted by atomic mass is 10.1. The van der Waals surface area contributed by atoms with Gasteiger partial charge in [-0.15, -0.1) is 0 Å². The number of hydrogen-bond acceptors (Lipinski definition) is 5. The molecule has 6 nitrogen and oxygen atoms in total. The van der Waals surface area contributed by atoms with Crippen molar-refractivity contribution in [2.45, 2.75) is 13.3 Å². The molecule has 0 bridgehead atoms. The Hall–Kier alpha value is -2.50. The average Bonchev–Trinajstić information content (AvgIpc) is 2.49. The first-order chi connectivity index (χ1) is 10.1. The van der Waals surface area contributed by atoms with Crippen molar-refractivity contribution >= 4 is 17.4 Å². The standard InChI is InChI=1S/C15H19N3O3/c1-10(19)13(14-16-8-3-9-17-14)15(20)18-11-4-6-12(21-2)7-5-11/h4-7,19H,3,8-9H2,1-2H3,(H,16,17)(H,18,20)/b13-10-. The van der Waals surface area contributed by atoms with Crippen LogP contribution in [0.4, 0.5) is 5.69 Å². The Bertz CT molecular complexity index is 572. The Morgan fingerprint density at radius 2 is 2.10 bits per heavy atom. The lowest BCUT2D eigenvalue weighted by Gasteiger charge is -2.17. The van der Waals surface area contributed by atoms with Gasteiger partial charge in [0.15, 0.2) is 0 Å². The van der Waals surface area contributed by atoms with Gasteiger partial charge in [0.25, 0.3) is 5.91 Å². The fraction of sp³-hybridized carbons (Fsp3) is 0.333. The van der Waals surface area contributed by atoms with Gasteiger partial charge in [-0.1, -0.05) is 0 Å². The van der Waals surface area contributed by atoms with Crippen LogP contribution in [-0.4, -0.2) is 37.0 Å². The molecule has 0 unspecified atom stereocenters. The maximum Gasteiger partial charge on any atom is 0.262 e. The van der Waals surface area contributed by atoms with Crippen LogP contribution in [0.3, 0.4) is 0 Å². The summed E-state index contributed by atoms with van der Waals surface area (Å²) < 4.78 is 5.06. The number of amides is 1. The maximum absolute atomic E-state index is 12.3. The second kappa shape index (κ2) is 6.78. The largest absolute Gasteiger partial charge is 0.512 e. The van der Waals surface area contributed by atoms with Gasteiger partial charge in [0, 0.05) is 18.8 Å². The number of ether oxygens (including phenoxy) is 1. The number of nitrogens with zero attached hydrogens (tertiary/aromatic N) is 1. The minimum absolute atomic E-state index is 0.0610. The fourth-order valence-electron chi connectivity index (χ4n) is 2.01. The van der Waals surface area contributed by atoms with Crippen molar-refractivity contribution in [1.29, 1.82) is 0 Å². The zero-order valence-electron chi connectivity index (χ0n) is 12.1. The molecule has 0 aliphatic carbocycles. The van der Waals surface area contributed by atoms with E-state index in [1.807, 2.05) is 0 Å². The summed E-state index contributed by atoms with van der Waals surface area (Å²) in [7, 11) is 1.58. The average molecular weight is 289 g/mol. The van der Waals surface area contributed by atoms with Gasteiger partial charge in [-0.25, -0.2) is 0 Å². The highest BCUT2D eigenvalue weighted by Crippen LogP contribution is 2.16. The molecule has 1 aliphatic rings. The number of carbonyl (C=O) groups excluding carboxylic acids is 1. The summed E-state index contributed by atoms with van der Waals surface area (Å²) in [6, 6.07) is 6.97. The van der Waals surface area contributed by atoms with Gasteiger partial charge in [-0.3, -0.25) is 9.79 Å². The maximum atomic E-state index is 12.3. The second-order valence-corrected chi connectivity index (χ2v) is 4.65. The van der Waals surface area contributed by atoms with Gasteiger partial charge in [-0.05, 0) is 37.6 Å². The molecule has 0 spiro atoms. The summed E-state index contributed by atoms with van der Waals surface area (Å²) in [6.07, 6.45) is 0.918. The number of aliphatic hydroxyl groups excluding tert-OH is 1. The number of carbonyl (C=O) groups is 1. The first kappa shape index (κ1) is 14.9. The number of aliphatic imine (C=N–C) groups is 1. The van der Waals surface area contributed by atoms with Crippen LogP contribution in [-0.2, 0) is 4.79 Å². The molecule has 0 radical (unpaired) electrons. The van der Waals surface area contributed by atoms with Crippen LogP contribution in [0, 0.1) is 0 Å². The summed E-state index contributed by atoms with van der Waals surface area (Å²) in [5.74, 6) is 0.690. The summed E-state index contributed by atoms with van der Waals surface area (Å²) in [5.41, 5.74) is 0.793. The number of aliphatic hydroxyl groups is 1. The highest BCUT2D eigenvalue weighted by atomic mass is 16.5. The predicted molar refractivity (Wildman–Crippen MR) is 81.9 cm³/mol. The SMILES string of the molecule is COc1ccc(NC(=O)/C(C2=NCCCN2)=C(/C)O)cc1. The third-order valence-electron chi connectivity index (χ3n) is 3.07. The molecule has 1 aliphatic heterocycles. The molecule has 0 atom stereocenters. The Morgan fingerprint density at radius 3 is 2.62 bits per heavy atom. The molecule has 0 saturated carbocycles. The summed E-state index contributed by atoms with van der Waals surface area (Å²) in [4.78, 5) is 16.6. The Labute approximate surface area is 123 Å². The van der Waals surface area contributed by atoms with Crippen LogP contribution >= 0.6 is 0 Å². The number of nitrogens with one attached hydrogen (secondary N) is 2. The number of rotatable bonds is 4. The van der Waals surface area contributed by atoms with Crippen molar-refractivity contribution in [1.82, 2.24) is 5.32 Å². The highest BCUT2D eigenvalue weighted by molar-refractivity contribution is 6.25. The molecule has 2 rings (SSSR count). The topological polar surface area (TPSA) is 83.0 Å². The molecule has 0 fully saturated rings. The molecule has 1 aromatic carbocycles. The van der Waals surface area contributed by atoms with E-state index in [9.17, 15) is 9.90 Å². The number of allylic oxidation sites excluding steroid dienone is 1. The van der Waals surface area contributed by atoms with E-state index < -0.39 is 5.91 Å². The Morgan fingerprint density at radius 1 is 1.38 bits per heavy atom. The number of anilines is 1. The lowest BCUT2D eigenvalue weighted by Crippen LogP contribution is -2.36. The number of amidine groups is 1. The van der Waals surface area contributed by atoms with Gasteiger partial charge < -0.3 is 20.5 Å². The fourth-order valence-corrected chi connectivity index (χ4v) is 2.01. The van der Waals surface area contributed by atoms with Crippen LogP contribution in [0.15, 0.2) is 40.6 Å². The molecule has 1 amide bonds. The molecule has 1 heterocycles. The van der Waals surface area contributed by atoms with Crippen molar-refractivity contribution < 1.29 is 14.6 Å². The molecular formula is C15H19N3O3. The predicted octanol–water partition coefficient (Wildman–Crippen LogP) is 1.86. The third-order valence-corrected chi connectivity index (χ3v) is 3.07. The summed E-state index contributed by atoms with van der Waals surface area (Å²) >= 11 is 0. The Balaban J connectivity index is 2.15. The van der Waals surface area contributed by atoms with E-state index in [0.717, 1.165) is 13.0 Å². The van der Waals surface area contributed by atoms with E-state index in [1.165, 1.54) is 6.92 Å². The van der Waals surface area contributed by atoms with E-state index in [-0.39, 0.29) is 11.3 Å². The quantitative estimate of drug-likeness (QED) is 0.583. The minimum atomic E-state index is -0.395. The van der Waals surface area contributed by atoms with Gasteiger partial charge in [0.1, 0.15) is 22.9 Å². The van der Waals surface area contributed by atoms with Crippen molar-refractivity contribution in [3.8, 4) is 5.75 Å². The van der Waals surface area contributed by atoms with Crippen molar-refractivity contribution in [2.75, 3.05) is 25.5 Å². The van der Waals surface area contributed by atoms with Crippen LogP contribution in [0.1, 0.15) is 13.3 Å². The van der Waals surface area contributed by atoms with Gasteiger partial charge in [0.2, 0.25) is 0 Å². The normalized spacial score (nSPS) is 15.4.